The normalized spacial score (nSPS) is 14.8. The fraction of sp³-hybridized carbons (Fsp3) is 0.300. The van der Waals surface area contributed by atoms with Crippen molar-refractivity contribution in [1.29, 1.82) is 0 Å². The number of hydrogen-bond acceptors (Lipinski definition) is 6. The van der Waals surface area contributed by atoms with Crippen molar-refractivity contribution >= 4 is 29.3 Å². The van der Waals surface area contributed by atoms with Crippen molar-refractivity contribution in [2.75, 3.05) is 31.9 Å². The van der Waals surface area contributed by atoms with Gasteiger partial charge in [-0.2, -0.15) is 4.68 Å². The molecule has 0 saturated carbocycles. The number of carbonyl (C=O) groups is 1. The molecule has 2 aromatic carbocycles. The third kappa shape index (κ3) is 4.80. The summed E-state index contributed by atoms with van der Waals surface area (Å²) in [6, 6.07) is 14.3. The number of para-hydroxylation sites is 1. The summed E-state index contributed by atoms with van der Waals surface area (Å²) in [6.45, 7) is 2.96. The van der Waals surface area contributed by atoms with Gasteiger partial charge in [0.15, 0.2) is 0 Å². The van der Waals surface area contributed by atoms with E-state index < -0.39 is 0 Å². The van der Waals surface area contributed by atoms with E-state index in [4.69, 9.17) is 11.6 Å². The quantitative estimate of drug-likeness (QED) is 0.542. The predicted octanol–water partition coefficient (Wildman–Crippen LogP) is 2.89. The van der Waals surface area contributed by atoms with Crippen molar-refractivity contribution in [2.24, 2.45) is 0 Å². The van der Waals surface area contributed by atoms with Gasteiger partial charge in [0.05, 0.1) is 11.4 Å². The zero-order chi connectivity index (χ0) is 20.9. The molecular weight excluding hydrogens is 427 g/mol. The highest BCUT2D eigenvalue weighted by Crippen LogP contribution is 2.22. The first-order valence-electron chi connectivity index (χ1n) is 9.51. The molecule has 0 aliphatic carbocycles. The van der Waals surface area contributed by atoms with Crippen LogP contribution >= 0.6 is 23.4 Å². The molecule has 2 heterocycles. The summed E-state index contributed by atoms with van der Waals surface area (Å²) in [5, 5.41) is 12.8. The Labute approximate surface area is 182 Å². The number of carbonyl (C=O) groups excluding carboxylic acids is 1. The maximum atomic E-state index is 14.0. The molecule has 156 valence electrons. The summed E-state index contributed by atoms with van der Waals surface area (Å²) in [7, 11) is 0. The second-order valence-corrected chi connectivity index (χ2v) is 8.20. The van der Waals surface area contributed by atoms with Crippen LogP contribution in [0.3, 0.4) is 0 Å². The average molecular weight is 447 g/mol. The Morgan fingerprint density at radius 1 is 1.07 bits per heavy atom. The third-order valence-electron chi connectivity index (χ3n) is 4.93. The summed E-state index contributed by atoms with van der Waals surface area (Å²) in [4.78, 5) is 16.6. The molecule has 1 saturated heterocycles. The molecule has 0 N–H and O–H groups in total. The number of benzene rings is 2. The standard InChI is InChI=1S/C20H20ClFN6OS/c21-17-7-4-8-18(22)16(17)13-26-9-11-27(12-10-26)19(29)14-30-20-23-24-25-28(20)15-5-2-1-3-6-15/h1-8H,9-14H2. The number of aromatic nitrogens is 4. The Morgan fingerprint density at radius 3 is 2.57 bits per heavy atom. The van der Waals surface area contributed by atoms with Crippen molar-refractivity contribution in [3.63, 3.8) is 0 Å². The van der Waals surface area contributed by atoms with Crippen LogP contribution in [0.25, 0.3) is 5.69 Å². The molecular formula is C20H20ClFN6OS. The molecule has 30 heavy (non-hydrogen) atoms. The number of thioether (sulfide) groups is 1. The molecule has 4 rings (SSSR count). The molecule has 1 aromatic heterocycles. The van der Waals surface area contributed by atoms with Gasteiger partial charge in [-0.05, 0) is 34.7 Å². The van der Waals surface area contributed by atoms with E-state index in [1.807, 2.05) is 35.2 Å². The van der Waals surface area contributed by atoms with Crippen molar-refractivity contribution in [3.8, 4) is 5.69 Å². The van der Waals surface area contributed by atoms with E-state index >= 15 is 0 Å². The van der Waals surface area contributed by atoms with Gasteiger partial charge in [0.25, 0.3) is 0 Å². The average Bonchev–Trinajstić information content (AvgIpc) is 3.24. The predicted molar refractivity (Wildman–Crippen MR) is 113 cm³/mol. The number of tetrazole rings is 1. The highest BCUT2D eigenvalue weighted by molar-refractivity contribution is 7.99. The van der Waals surface area contributed by atoms with Crippen LogP contribution in [-0.4, -0.2) is 67.8 Å². The molecule has 3 aromatic rings. The smallest absolute Gasteiger partial charge is 0.233 e. The lowest BCUT2D eigenvalue weighted by molar-refractivity contribution is -0.130. The minimum atomic E-state index is -0.298. The molecule has 0 unspecified atom stereocenters. The van der Waals surface area contributed by atoms with Crippen LogP contribution in [0.2, 0.25) is 5.02 Å². The molecule has 7 nitrogen and oxygen atoms in total. The SMILES string of the molecule is O=C(CSc1nnnn1-c1ccccc1)N1CCN(Cc2c(F)cccc2Cl)CC1. The van der Waals surface area contributed by atoms with E-state index in [2.05, 4.69) is 20.4 Å². The summed E-state index contributed by atoms with van der Waals surface area (Å²) in [6.07, 6.45) is 0. The van der Waals surface area contributed by atoms with E-state index in [9.17, 15) is 9.18 Å². The van der Waals surface area contributed by atoms with Crippen LogP contribution in [0, 0.1) is 5.82 Å². The Bertz CT molecular complexity index is 989. The largest absolute Gasteiger partial charge is 0.339 e. The molecule has 0 bridgehead atoms. The maximum Gasteiger partial charge on any atom is 0.233 e. The summed E-state index contributed by atoms with van der Waals surface area (Å²) in [5.74, 6) is -0.00784. The fourth-order valence-corrected chi connectivity index (χ4v) is 4.30. The van der Waals surface area contributed by atoms with Crippen LogP contribution in [0.1, 0.15) is 5.56 Å². The highest BCUT2D eigenvalue weighted by atomic mass is 35.5. The third-order valence-corrected chi connectivity index (χ3v) is 6.19. The van der Waals surface area contributed by atoms with Crippen molar-refractivity contribution < 1.29 is 9.18 Å². The van der Waals surface area contributed by atoms with Crippen molar-refractivity contribution in [2.45, 2.75) is 11.7 Å². The minimum absolute atomic E-state index is 0.0335. The zero-order valence-electron chi connectivity index (χ0n) is 16.1. The lowest BCUT2D eigenvalue weighted by Gasteiger charge is -2.34. The van der Waals surface area contributed by atoms with Crippen molar-refractivity contribution in [1.82, 2.24) is 30.0 Å². The topological polar surface area (TPSA) is 67.2 Å². The van der Waals surface area contributed by atoms with Crippen molar-refractivity contribution in [3.05, 3.63) is 64.9 Å². The van der Waals surface area contributed by atoms with Gasteiger partial charge in [-0.15, -0.1) is 5.10 Å². The Morgan fingerprint density at radius 2 is 1.83 bits per heavy atom. The second-order valence-electron chi connectivity index (χ2n) is 6.85. The monoisotopic (exact) mass is 446 g/mol. The van der Waals surface area contributed by atoms with E-state index in [1.165, 1.54) is 17.8 Å². The van der Waals surface area contributed by atoms with E-state index in [-0.39, 0.29) is 17.5 Å². The Kier molecular flexibility index (Phi) is 6.61. The van der Waals surface area contributed by atoms with E-state index in [0.29, 0.717) is 48.5 Å². The fourth-order valence-electron chi connectivity index (χ4n) is 3.28. The number of piperazine rings is 1. The van der Waals surface area contributed by atoms with Gasteiger partial charge >= 0.3 is 0 Å². The van der Waals surface area contributed by atoms with Crippen LogP contribution in [-0.2, 0) is 11.3 Å². The van der Waals surface area contributed by atoms with E-state index in [0.717, 1.165) is 5.69 Å². The summed E-state index contributed by atoms with van der Waals surface area (Å²) < 4.78 is 15.6. The molecule has 1 fully saturated rings. The molecule has 0 atom stereocenters. The van der Waals surface area contributed by atoms with E-state index in [1.54, 1.807) is 16.8 Å². The Balaban J connectivity index is 1.29. The second kappa shape index (κ2) is 9.55. The maximum absolute atomic E-state index is 14.0. The molecule has 1 aliphatic heterocycles. The number of halogens is 2. The molecule has 0 radical (unpaired) electrons. The summed E-state index contributed by atoms with van der Waals surface area (Å²) >= 11 is 7.44. The minimum Gasteiger partial charge on any atom is -0.339 e. The van der Waals surface area contributed by atoms with Gasteiger partial charge in [-0.25, -0.2) is 4.39 Å². The molecule has 1 aliphatic rings. The van der Waals surface area contributed by atoms with Gasteiger partial charge in [0.2, 0.25) is 11.1 Å². The highest BCUT2D eigenvalue weighted by Gasteiger charge is 2.23. The molecule has 1 amide bonds. The van der Waals surface area contributed by atoms with Gasteiger partial charge in [-0.3, -0.25) is 9.69 Å². The van der Waals surface area contributed by atoms with Gasteiger partial charge < -0.3 is 4.90 Å². The molecule has 10 heteroatoms. The van der Waals surface area contributed by atoms with Crippen LogP contribution in [0.4, 0.5) is 4.39 Å². The van der Waals surface area contributed by atoms with Crippen LogP contribution < -0.4 is 0 Å². The zero-order valence-corrected chi connectivity index (χ0v) is 17.7. The first kappa shape index (κ1) is 20.8. The first-order valence-corrected chi connectivity index (χ1v) is 10.9. The van der Waals surface area contributed by atoms with Crippen LogP contribution in [0.5, 0.6) is 0 Å². The van der Waals surface area contributed by atoms with Gasteiger partial charge in [0.1, 0.15) is 5.82 Å². The number of nitrogens with zero attached hydrogens (tertiary/aromatic N) is 6. The number of hydrogen-bond donors (Lipinski definition) is 0. The number of rotatable bonds is 6. The van der Waals surface area contributed by atoms with Crippen LogP contribution in [0.15, 0.2) is 53.7 Å². The lowest BCUT2D eigenvalue weighted by Crippen LogP contribution is -2.48. The first-order chi connectivity index (χ1) is 14.6. The summed E-state index contributed by atoms with van der Waals surface area (Å²) in [5.41, 5.74) is 1.35. The lowest BCUT2D eigenvalue weighted by atomic mass is 10.2. The number of amides is 1. The van der Waals surface area contributed by atoms with Gasteiger partial charge in [0, 0.05) is 43.3 Å². The molecule has 0 spiro atoms. The Hall–Kier alpha value is -2.49. The van der Waals surface area contributed by atoms with Gasteiger partial charge in [-0.1, -0.05) is 47.6 Å².